The van der Waals surface area contributed by atoms with Crippen molar-refractivity contribution in [2.75, 3.05) is 18.8 Å². The number of rotatable bonds is 2. The van der Waals surface area contributed by atoms with Crippen molar-refractivity contribution in [1.29, 1.82) is 0 Å². The second-order valence-electron chi connectivity index (χ2n) is 7.55. The van der Waals surface area contributed by atoms with E-state index in [9.17, 15) is 0 Å². The van der Waals surface area contributed by atoms with Crippen LogP contribution in [0.15, 0.2) is 18.2 Å². The van der Waals surface area contributed by atoms with Crippen LogP contribution in [0.2, 0.25) is 0 Å². The molecule has 22 heavy (non-hydrogen) atoms. The van der Waals surface area contributed by atoms with Crippen LogP contribution in [-0.2, 0) is 9.31 Å². The number of nitrogens with one attached hydrogen (secondary N) is 1. The Hall–Kier alpha value is -1.04. The van der Waals surface area contributed by atoms with Crippen molar-refractivity contribution in [2.45, 2.75) is 57.7 Å². The van der Waals surface area contributed by atoms with E-state index in [0.29, 0.717) is 5.92 Å². The molecular formula is C17H27BN2O2. The molecule has 2 aliphatic heterocycles. The standard InChI is InChI=1S/C17H27BN2O2/c1-16(2)17(3,4)22-18(21-16)14-9-13(10-15(19)11-14)12-5-7-20-8-6-12/h9-12,20H,5-8,19H2,1-4H3. The van der Waals surface area contributed by atoms with E-state index >= 15 is 0 Å². The van der Waals surface area contributed by atoms with Crippen molar-refractivity contribution in [3.63, 3.8) is 0 Å². The van der Waals surface area contributed by atoms with Crippen LogP contribution in [0.3, 0.4) is 0 Å². The van der Waals surface area contributed by atoms with Gasteiger partial charge in [0.25, 0.3) is 0 Å². The third-order valence-electron chi connectivity index (χ3n) is 5.34. The van der Waals surface area contributed by atoms with Gasteiger partial charge >= 0.3 is 7.12 Å². The summed E-state index contributed by atoms with van der Waals surface area (Å²) in [7, 11) is -0.339. The van der Waals surface area contributed by atoms with Gasteiger partial charge in [0.1, 0.15) is 0 Å². The molecule has 0 unspecified atom stereocenters. The number of anilines is 1. The first-order chi connectivity index (χ1) is 10.3. The zero-order valence-electron chi connectivity index (χ0n) is 14.1. The number of nitrogens with two attached hydrogens (primary N) is 1. The van der Waals surface area contributed by atoms with Gasteiger partial charge < -0.3 is 20.4 Å². The monoisotopic (exact) mass is 302 g/mol. The summed E-state index contributed by atoms with van der Waals surface area (Å²) in [6.45, 7) is 10.5. The molecule has 0 aliphatic carbocycles. The molecule has 2 saturated heterocycles. The van der Waals surface area contributed by atoms with Crippen LogP contribution >= 0.6 is 0 Å². The Morgan fingerprint density at radius 2 is 1.64 bits per heavy atom. The van der Waals surface area contributed by atoms with E-state index in [2.05, 4.69) is 45.1 Å². The van der Waals surface area contributed by atoms with Gasteiger partial charge in [-0.05, 0) is 82.7 Å². The molecule has 4 nitrogen and oxygen atoms in total. The van der Waals surface area contributed by atoms with Gasteiger partial charge in [0, 0.05) is 5.69 Å². The van der Waals surface area contributed by atoms with E-state index in [1.165, 1.54) is 5.56 Å². The van der Waals surface area contributed by atoms with E-state index in [1.54, 1.807) is 0 Å². The lowest BCUT2D eigenvalue weighted by Crippen LogP contribution is -2.41. The lowest BCUT2D eigenvalue weighted by molar-refractivity contribution is 0.00578. The molecule has 2 aliphatic rings. The Kier molecular flexibility index (Phi) is 4.00. The number of nitrogen functional groups attached to an aromatic ring is 1. The minimum atomic E-state index is -0.339. The van der Waals surface area contributed by atoms with Crippen LogP contribution < -0.4 is 16.5 Å². The first kappa shape index (κ1) is 15.8. The predicted octanol–water partition coefficient (Wildman–Crippen LogP) is 2.03. The molecule has 1 aromatic rings. The third kappa shape index (κ3) is 2.90. The first-order valence-electron chi connectivity index (χ1n) is 8.25. The summed E-state index contributed by atoms with van der Waals surface area (Å²) in [6, 6.07) is 6.30. The van der Waals surface area contributed by atoms with Gasteiger partial charge in [-0.3, -0.25) is 0 Å². The molecule has 3 N–H and O–H groups in total. The molecule has 0 spiro atoms. The van der Waals surface area contributed by atoms with Gasteiger partial charge in [0.2, 0.25) is 0 Å². The Bertz CT molecular complexity index is 538. The van der Waals surface area contributed by atoms with Crippen molar-refractivity contribution in [3.05, 3.63) is 23.8 Å². The number of benzene rings is 1. The molecule has 2 heterocycles. The van der Waals surface area contributed by atoms with Gasteiger partial charge in [-0.1, -0.05) is 6.07 Å². The van der Waals surface area contributed by atoms with Gasteiger partial charge in [0.05, 0.1) is 11.2 Å². The van der Waals surface area contributed by atoms with E-state index in [-0.39, 0.29) is 18.3 Å². The Morgan fingerprint density at radius 1 is 1.05 bits per heavy atom. The van der Waals surface area contributed by atoms with Crippen LogP contribution in [0.25, 0.3) is 0 Å². The van der Waals surface area contributed by atoms with E-state index < -0.39 is 0 Å². The molecule has 0 saturated carbocycles. The largest absolute Gasteiger partial charge is 0.494 e. The SMILES string of the molecule is CC1(C)OB(c2cc(N)cc(C3CCNCC3)c2)OC1(C)C. The maximum Gasteiger partial charge on any atom is 0.494 e. The van der Waals surface area contributed by atoms with Crippen molar-refractivity contribution < 1.29 is 9.31 Å². The van der Waals surface area contributed by atoms with Crippen LogP contribution in [0.1, 0.15) is 52.0 Å². The van der Waals surface area contributed by atoms with Crippen molar-refractivity contribution in [3.8, 4) is 0 Å². The minimum absolute atomic E-state index is 0.322. The number of piperidine rings is 1. The van der Waals surface area contributed by atoms with Crippen LogP contribution in [-0.4, -0.2) is 31.4 Å². The molecular weight excluding hydrogens is 275 g/mol. The second-order valence-corrected chi connectivity index (χ2v) is 7.55. The Morgan fingerprint density at radius 3 is 2.23 bits per heavy atom. The molecule has 0 atom stereocenters. The molecule has 1 aromatic carbocycles. The molecule has 120 valence electrons. The Balaban J connectivity index is 1.87. The highest BCUT2D eigenvalue weighted by molar-refractivity contribution is 6.62. The van der Waals surface area contributed by atoms with Gasteiger partial charge in [-0.25, -0.2) is 0 Å². The van der Waals surface area contributed by atoms with Crippen molar-refractivity contribution in [1.82, 2.24) is 5.32 Å². The van der Waals surface area contributed by atoms with E-state index in [4.69, 9.17) is 15.0 Å². The second kappa shape index (κ2) is 5.55. The first-order valence-corrected chi connectivity index (χ1v) is 8.25. The predicted molar refractivity (Wildman–Crippen MR) is 91.4 cm³/mol. The third-order valence-corrected chi connectivity index (χ3v) is 5.34. The highest BCUT2D eigenvalue weighted by Gasteiger charge is 2.51. The average molecular weight is 302 g/mol. The summed E-state index contributed by atoms with van der Waals surface area (Å²) in [5.74, 6) is 0.575. The highest BCUT2D eigenvalue weighted by atomic mass is 16.7. The molecule has 0 aromatic heterocycles. The summed E-state index contributed by atoms with van der Waals surface area (Å²) in [6.07, 6.45) is 2.32. The van der Waals surface area contributed by atoms with Crippen molar-refractivity contribution in [2.24, 2.45) is 0 Å². The lowest BCUT2D eigenvalue weighted by atomic mass is 9.76. The van der Waals surface area contributed by atoms with E-state index in [0.717, 1.165) is 37.1 Å². The van der Waals surface area contributed by atoms with Crippen LogP contribution in [0.4, 0.5) is 5.69 Å². The smallest absolute Gasteiger partial charge is 0.399 e. The molecule has 0 radical (unpaired) electrons. The van der Waals surface area contributed by atoms with Crippen molar-refractivity contribution >= 4 is 18.3 Å². The summed E-state index contributed by atoms with van der Waals surface area (Å²) in [4.78, 5) is 0. The number of hydrogen-bond acceptors (Lipinski definition) is 4. The Labute approximate surface area is 133 Å². The summed E-state index contributed by atoms with van der Waals surface area (Å²) in [5, 5.41) is 3.41. The van der Waals surface area contributed by atoms with E-state index in [1.807, 2.05) is 6.07 Å². The van der Waals surface area contributed by atoms with Crippen LogP contribution in [0, 0.1) is 0 Å². The fourth-order valence-electron chi connectivity index (χ4n) is 3.21. The molecule has 2 fully saturated rings. The molecule has 3 rings (SSSR count). The highest BCUT2D eigenvalue weighted by Crippen LogP contribution is 2.37. The molecule has 0 bridgehead atoms. The zero-order chi connectivity index (χ0) is 16.0. The van der Waals surface area contributed by atoms with Gasteiger partial charge in [-0.15, -0.1) is 0 Å². The number of hydrogen-bond donors (Lipinski definition) is 2. The molecule has 0 amide bonds. The normalized spacial score (nSPS) is 24.6. The molecule has 5 heteroatoms. The quantitative estimate of drug-likeness (QED) is 0.648. The van der Waals surface area contributed by atoms with Crippen LogP contribution in [0.5, 0.6) is 0 Å². The summed E-state index contributed by atoms with van der Waals surface area (Å²) < 4.78 is 12.3. The van der Waals surface area contributed by atoms with Gasteiger partial charge in [0.15, 0.2) is 0 Å². The average Bonchev–Trinajstić information content (AvgIpc) is 2.68. The minimum Gasteiger partial charge on any atom is -0.399 e. The maximum absolute atomic E-state index is 6.16. The zero-order valence-corrected chi connectivity index (χ0v) is 14.1. The summed E-state index contributed by atoms with van der Waals surface area (Å²) >= 11 is 0. The topological polar surface area (TPSA) is 56.5 Å². The summed E-state index contributed by atoms with van der Waals surface area (Å²) in [5.41, 5.74) is 8.64. The fraction of sp³-hybridized carbons (Fsp3) is 0.647. The maximum atomic E-state index is 6.16. The lowest BCUT2D eigenvalue weighted by Gasteiger charge is -2.32. The fourth-order valence-corrected chi connectivity index (χ4v) is 3.21. The van der Waals surface area contributed by atoms with Gasteiger partial charge in [-0.2, -0.15) is 0 Å².